The van der Waals surface area contributed by atoms with E-state index in [1.807, 2.05) is 79.1 Å². The number of aromatic nitrogens is 1. The van der Waals surface area contributed by atoms with Gasteiger partial charge in [-0.1, -0.05) is 127 Å². The van der Waals surface area contributed by atoms with Crippen LogP contribution in [0, 0.1) is 0 Å². The zero-order valence-electron chi connectivity index (χ0n) is 42.5. The lowest BCUT2D eigenvalue weighted by Crippen LogP contribution is -2.75. The summed E-state index contributed by atoms with van der Waals surface area (Å²) in [5.74, 6) is 0.0601. The molecule has 0 bridgehead atoms. The van der Waals surface area contributed by atoms with E-state index in [1.54, 1.807) is 0 Å². The van der Waals surface area contributed by atoms with Gasteiger partial charge < -0.3 is 0 Å². The maximum Gasteiger partial charge on any atom is 0.416 e. The molecule has 0 aliphatic rings. The number of carbonyl (C=O) groups is 1. The Morgan fingerprint density at radius 3 is 0.837 bits per heavy atom. The van der Waals surface area contributed by atoms with Crippen LogP contribution in [0.5, 0.6) is 0 Å². The van der Waals surface area contributed by atoms with Gasteiger partial charge in [-0.15, -0.1) is 0 Å². The van der Waals surface area contributed by atoms with Gasteiger partial charge in [-0.2, -0.15) is 127 Å². The zero-order valence-corrected chi connectivity index (χ0v) is 42.5. The van der Waals surface area contributed by atoms with Gasteiger partial charge in [0.2, 0.25) is 0 Å². The summed E-state index contributed by atoms with van der Waals surface area (Å²) in [7, 11) is 0. The van der Waals surface area contributed by atoms with Crippen molar-refractivity contribution in [2.75, 3.05) is 0 Å². The van der Waals surface area contributed by atoms with Crippen LogP contribution in [-0.4, -0.2) is 11.9 Å². The second kappa shape index (κ2) is 22.4. The highest BCUT2D eigenvalue weighted by Gasteiger charge is 2.47. The molecule has 27 heteroatoms. The fourth-order valence-electron chi connectivity index (χ4n) is 9.98. The van der Waals surface area contributed by atoms with Crippen molar-refractivity contribution in [3.05, 3.63) is 243 Å². The Balaban J connectivity index is 0.000000274. The van der Waals surface area contributed by atoms with Crippen molar-refractivity contribution in [3.8, 4) is 0 Å². The van der Waals surface area contributed by atoms with Crippen LogP contribution in [0.1, 0.15) is 66.0 Å². The molecule has 9 rings (SSSR count). The quantitative estimate of drug-likeness (QED) is 0.0488. The molecular weight excluding hydrogens is 1210 g/mol. The Morgan fingerprint density at radius 1 is 0.314 bits per heavy atom. The first-order valence-corrected chi connectivity index (χ1v) is 24.4. The normalized spacial score (nSPS) is 13.2. The van der Waals surface area contributed by atoms with Crippen molar-refractivity contribution >= 4 is 55.3 Å². The first-order chi connectivity index (χ1) is 39.6. The van der Waals surface area contributed by atoms with Crippen molar-refractivity contribution < 1.29 is 115 Å². The van der Waals surface area contributed by atoms with Gasteiger partial charge in [-0.3, -0.25) is 4.79 Å². The van der Waals surface area contributed by atoms with Crippen LogP contribution < -0.4 is 26.4 Å². The predicted octanol–water partition coefficient (Wildman–Crippen LogP) is 16.8. The summed E-state index contributed by atoms with van der Waals surface area (Å²) in [6.07, 6.45) is -50.8. The number of carbonyl (C=O) groups excluding carboxylic acids is 1. The summed E-state index contributed by atoms with van der Waals surface area (Å²) in [5, 5.41) is 4.17. The Morgan fingerprint density at radius 2 is 0.570 bits per heavy atom. The average molecular weight is 1240 g/mol. The van der Waals surface area contributed by atoms with Crippen LogP contribution >= 0.6 is 0 Å². The Hall–Kier alpha value is -8.52. The molecule has 0 spiro atoms. The molecule has 0 saturated heterocycles. The third-order valence-corrected chi connectivity index (χ3v) is 13.8. The number of alkyl halides is 24. The summed E-state index contributed by atoms with van der Waals surface area (Å²) in [5.41, 5.74) is -27.5. The molecule has 2 nitrogen and oxygen atoms in total. The van der Waals surface area contributed by atoms with Crippen LogP contribution in [0.3, 0.4) is 0 Å². The number of halogens is 24. The first-order valence-electron chi connectivity index (χ1n) is 24.4. The van der Waals surface area contributed by atoms with E-state index < -0.39 is 195 Å². The maximum atomic E-state index is 14.2. The molecular formula is C59H32BF24NO. The molecule has 0 aliphatic heterocycles. The molecule has 0 radical (unpaired) electrons. The molecule has 1 heterocycles. The van der Waals surface area contributed by atoms with Gasteiger partial charge in [0.25, 0.3) is 0 Å². The largest absolute Gasteiger partial charge is 0.416 e. The SMILES string of the molecule is FC(F)(F)c1cc([B-](c2cc(C(F)(F)F)cc(C(F)(F)F)c2)(c2cc(C(F)(F)F)cc(C(F)(F)F)c2)c2cc(C(F)(F)F)cc(C(F)(F)F)c2)cc(C(F)(F)F)c1.O=C(c1cc[n+](Cc2ccccc2)cc1)c1c2ccccc2cc2ccccc12. The number of nitrogens with zero attached hydrogens (tertiary/aromatic N) is 1. The second-order valence-corrected chi connectivity index (χ2v) is 19.5. The number of hydrogen-bond donors (Lipinski definition) is 0. The molecule has 86 heavy (non-hydrogen) atoms. The van der Waals surface area contributed by atoms with Crippen LogP contribution in [0.15, 0.2) is 182 Å². The fraction of sp³-hybridized carbons (Fsp3) is 0.153. The molecule has 0 aliphatic carbocycles. The number of benzene rings is 8. The molecule has 0 unspecified atom stereocenters. The van der Waals surface area contributed by atoms with Crippen molar-refractivity contribution in [1.82, 2.24) is 0 Å². The Labute approximate surface area is 468 Å². The monoisotopic (exact) mass is 1240 g/mol. The topological polar surface area (TPSA) is 20.9 Å². The summed E-state index contributed by atoms with van der Waals surface area (Å²) in [6, 6.07) is 23.7. The number of pyridine rings is 1. The van der Waals surface area contributed by atoms with Crippen LogP contribution in [-0.2, 0) is 56.0 Å². The van der Waals surface area contributed by atoms with Crippen molar-refractivity contribution in [2.24, 2.45) is 0 Å². The lowest BCUT2D eigenvalue weighted by molar-refractivity contribution is -0.688. The molecule has 8 aromatic carbocycles. The highest BCUT2D eigenvalue weighted by molar-refractivity contribution is 7.20. The van der Waals surface area contributed by atoms with Gasteiger partial charge in [0, 0.05) is 28.8 Å². The first kappa shape index (κ1) is 63.5. The molecule has 450 valence electrons. The van der Waals surface area contributed by atoms with Gasteiger partial charge in [-0.05, 0) is 51.9 Å². The smallest absolute Gasteiger partial charge is 0.289 e. The minimum Gasteiger partial charge on any atom is -0.289 e. The summed E-state index contributed by atoms with van der Waals surface area (Å²) in [6.45, 7) is 0.784. The molecule has 1 aromatic heterocycles. The number of fused-ring (bicyclic) bond motifs is 2. The van der Waals surface area contributed by atoms with E-state index >= 15 is 0 Å². The standard InChI is InChI=1S/C32H12BF24.C27H20NO/c34-25(35,36)13-1-14(26(37,38)39)6-21(5-13)33(22-7-15(27(40,41)42)2-16(8-22)28(43,44)45,23-9-17(29(46,47)48)3-18(10-23)30(49,50)51)24-11-19(31(52,53)54)4-20(12-24)32(55,56)57;29-27(21-14-16-28(17-15-21)19-20-8-2-1-3-9-20)26-24-12-6-4-10-22(24)18-23-11-5-7-13-25(23)26/h1-12H;1-18H,19H2/q-1;+1. The molecule has 0 saturated carbocycles. The number of ketones is 1. The van der Waals surface area contributed by atoms with E-state index in [0.29, 0.717) is 5.56 Å². The highest BCUT2D eigenvalue weighted by atomic mass is 19.4. The molecule has 9 aromatic rings. The predicted molar refractivity (Wildman–Crippen MR) is 267 cm³/mol. The molecule has 0 fully saturated rings. The lowest BCUT2D eigenvalue weighted by atomic mass is 9.12. The second-order valence-electron chi connectivity index (χ2n) is 19.5. The van der Waals surface area contributed by atoms with E-state index in [2.05, 4.69) is 34.9 Å². The average Bonchev–Trinajstić information content (AvgIpc) is 0.818. The zero-order chi connectivity index (χ0) is 63.5. The van der Waals surface area contributed by atoms with Crippen molar-refractivity contribution in [3.63, 3.8) is 0 Å². The lowest BCUT2D eigenvalue weighted by Gasteiger charge is -2.46. The van der Waals surface area contributed by atoms with E-state index in [4.69, 9.17) is 0 Å². The van der Waals surface area contributed by atoms with Crippen LogP contribution in [0.4, 0.5) is 105 Å². The Bertz CT molecular complexity index is 3490. The van der Waals surface area contributed by atoms with Gasteiger partial charge in [0.15, 0.2) is 24.7 Å². The summed E-state index contributed by atoms with van der Waals surface area (Å²) >= 11 is 0. The molecule has 0 amide bonds. The van der Waals surface area contributed by atoms with Crippen LogP contribution in [0.2, 0.25) is 0 Å². The van der Waals surface area contributed by atoms with E-state index in [9.17, 15) is 110 Å². The highest BCUT2D eigenvalue weighted by Crippen LogP contribution is 2.42. The third kappa shape index (κ3) is 13.6. The van der Waals surface area contributed by atoms with Gasteiger partial charge in [0.1, 0.15) is 6.15 Å². The minimum atomic E-state index is -6.13. The van der Waals surface area contributed by atoms with E-state index in [0.717, 1.165) is 33.7 Å². The number of rotatable bonds is 8. The van der Waals surface area contributed by atoms with Crippen LogP contribution in [0.25, 0.3) is 21.5 Å². The maximum absolute atomic E-state index is 14.2. The fourth-order valence-corrected chi connectivity index (χ4v) is 9.98. The minimum absolute atomic E-state index is 0.0601. The third-order valence-electron chi connectivity index (χ3n) is 13.8. The number of hydrogen-bond acceptors (Lipinski definition) is 1. The van der Waals surface area contributed by atoms with E-state index in [1.165, 1.54) is 5.56 Å². The van der Waals surface area contributed by atoms with Crippen molar-refractivity contribution in [1.29, 1.82) is 0 Å². The van der Waals surface area contributed by atoms with Gasteiger partial charge in [0.05, 0.1) is 44.5 Å². The Kier molecular flexibility index (Phi) is 16.5. The van der Waals surface area contributed by atoms with Crippen molar-refractivity contribution in [2.45, 2.75) is 56.0 Å². The summed E-state index contributed by atoms with van der Waals surface area (Å²) in [4.78, 5) is 13.5. The van der Waals surface area contributed by atoms with E-state index in [-0.39, 0.29) is 5.78 Å². The van der Waals surface area contributed by atoms with Gasteiger partial charge >= 0.3 is 49.4 Å². The summed E-state index contributed by atoms with van der Waals surface area (Å²) < 4.78 is 343. The van der Waals surface area contributed by atoms with Gasteiger partial charge in [-0.25, -0.2) is 4.57 Å². The molecule has 0 N–H and O–H groups in total. The molecule has 0 atom stereocenters.